The Morgan fingerprint density at radius 3 is 2.84 bits per heavy atom. The molecule has 0 aliphatic carbocycles. The van der Waals surface area contributed by atoms with Gasteiger partial charge in [0.25, 0.3) is 0 Å². The fourth-order valence-electron chi connectivity index (χ4n) is 1.93. The van der Waals surface area contributed by atoms with Crippen LogP contribution < -0.4 is 0 Å². The van der Waals surface area contributed by atoms with Crippen LogP contribution in [0.2, 0.25) is 0 Å². The lowest BCUT2D eigenvalue weighted by Gasteiger charge is -2.14. The van der Waals surface area contributed by atoms with E-state index in [0.29, 0.717) is 16.6 Å². The standard InChI is InChI=1S/C13H14BrNO4/c1-19-13(18)7-2-3-8-9(6-15-10(8)4-7)12(17)11(16)5-14/h2-4,6,11-12,15-17H,5H2,1H3. The molecule has 2 aromatic rings. The molecular formula is C13H14BrNO4. The molecule has 1 aromatic heterocycles. The fraction of sp³-hybridized carbons (Fsp3) is 0.308. The van der Waals surface area contributed by atoms with Crippen molar-refractivity contribution in [1.82, 2.24) is 4.98 Å². The second-order valence-corrected chi connectivity index (χ2v) is 4.81. The van der Waals surface area contributed by atoms with E-state index in [2.05, 4.69) is 25.7 Å². The van der Waals surface area contributed by atoms with E-state index in [1.54, 1.807) is 24.4 Å². The van der Waals surface area contributed by atoms with Crippen molar-refractivity contribution in [2.75, 3.05) is 12.4 Å². The zero-order chi connectivity index (χ0) is 14.0. The molecule has 5 nitrogen and oxygen atoms in total. The number of aliphatic hydroxyl groups excluding tert-OH is 2. The van der Waals surface area contributed by atoms with Gasteiger partial charge in [-0.3, -0.25) is 0 Å². The minimum Gasteiger partial charge on any atom is -0.465 e. The van der Waals surface area contributed by atoms with E-state index in [4.69, 9.17) is 0 Å². The first-order chi connectivity index (χ1) is 9.08. The Hall–Kier alpha value is -1.37. The second-order valence-electron chi connectivity index (χ2n) is 4.16. The first-order valence-electron chi connectivity index (χ1n) is 5.70. The summed E-state index contributed by atoms with van der Waals surface area (Å²) in [5.74, 6) is -0.418. The number of hydrogen-bond acceptors (Lipinski definition) is 4. The highest BCUT2D eigenvalue weighted by molar-refractivity contribution is 9.09. The average Bonchev–Trinajstić information content (AvgIpc) is 2.87. The summed E-state index contributed by atoms with van der Waals surface area (Å²) < 4.78 is 4.65. The quantitative estimate of drug-likeness (QED) is 0.590. The van der Waals surface area contributed by atoms with Gasteiger partial charge in [0.1, 0.15) is 6.10 Å². The number of nitrogens with one attached hydrogen (secondary N) is 1. The number of esters is 1. The maximum atomic E-state index is 11.4. The van der Waals surface area contributed by atoms with Crippen LogP contribution >= 0.6 is 15.9 Å². The molecule has 0 bridgehead atoms. The first-order valence-corrected chi connectivity index (χ1v) is 6.82. The van der Waals surface area contributed by atoms with Crippen LogP contribution in [0.5, 0.6) is 0 Å². The van der Waals surface area contributed by atoms with Crippen molar-refractivity contribution >= 4 is 32.8 Å². The maximum Gasteiger partial charge on any atom is 0.337 e. The summed E-state index contributed by atoms with van der Waals surface area (Å²) in [6.45, 7) is 0. The van der Waals surface area contributed by atoms with E-state index >= 15 is 0 Å². The third-order valence-corrected chi connectivity index (χ3v) is 3.64. The number of aromatic nitrogens is 1. The summed E-state index contributed by atoms with van der Waals surface area (Å²) in [7, 11) is 1.32. The molecular weight excluding hydrogens is 314 g/mol. The highest BCUT2D eigenvalue weighted by Gasteiger charge is 2.20. The van der Waals surface area contributed by atoms with Gasteiger partial charge >= 0.3 is 5.97 Å². The van der Waals surface area contributed by atoms with Crippen molar-refractivity contribution in [3.63, 3.8) is 0 Å². The number of benzene rings is 1. The third-order valence-electron chi connectivity index (χ3n) is 2.98. The van der Waals surface area contributed by atoms with E-state index in [9.17, 15) is 15.0 Å². The van der Waals surface area contributed by atoms with Crippen LogP contribution in [0.4, 0.5) is 0 Å². The predicted molar refractivity (Wildman–Crippen MR) is 74.4 cm³/mol. The molecule has 0 aliphatic rings. The molecule has 6 heteroatoms. The number of carbonyl (C=O) groups is 1. The fourth-order valence-corrected chi connectivity index (χ4v) is 2.28. The Labute approximate surface area is 118 Å². The van der Waals surface area contributed by atoms with Gasteiger partial charge < -0.3 is 19.9 Å². The lowest BCUT2D eigenvalue weighted by Crippen LogP contribution is -2.19. The number of alkyl halides is 1. The van der Waals surface area contributed by atoms with Crippen LogP contribution in [0, 0.1) is 0 Å². The van der Waals surface area contributed by atoms with Crippen LogP contribution in [-0.2, 0) is 4.74 Å². The molecule has 1 heterocycles. The normalized spacial score (nSPS) is 14.3. The molecule has 0 radical (unpaired) electrons. The number of halogens is 1. The van der Waals surface area contributed by atoms with Gasteiger partial charge in [-0.25, -0.2) is 4.79 Å². The second kappa shape index (κ2) is 5.73. The van der Waals surface area contributed by atoms with Gasteiger partial charge in [-0.15, -0.1) is 0 Å². The highest BCUT2D eigenvalue weighted by atomic mass is 79.9. The number of hydrogen-bond donors (Lipinski definition) is 3. The Kier molecular flexibility index (Phi) is 4.24. The molecule has 2 rings (SSSR count). The molecule has 0 saturated carbocycles. The van der Waals surface area contributed by atoms with E-state index in [1.807, 2.05) is 0 Å². The van der Waals surface area contributed by atoms with Gasteiger partial charge in [0.15, 0.2) is 0 Å². The largest absolute Gasteiger partial charge is 0.465 e. The Balaban J connectivity index is 2.42. The van der Waals surface area contributed by atoms with Crippen molar-refractivity contribution in [2.24, 2.45) is 0 Å². The van der Waals surface area contributed by atoms with E-state index in [-0.39, 0.29) is 5.33 Å². The predicted octanol–water partition coefficient (Wildman–Crippen LogP) is 1.74. The first kappa shape index (κ1) is 14.0. The monoisotopic (exact) mass is 327 g/mol. The van der Waals surface area contributed by atoms with Crippen LogP contribution in [0.3, 0.4) is 0 Å². The minimum absolute atomic E-state index is 0.279. The van der Waals surface area contributed by atoms with Crippen molar-refractivity contribution < 1.29 is 19.7 Å². The number of aliphatic hydroxyl groups is 2. The molecule has 0 aliphatic heterocycles. The number of ether oxygens (including phenoxy) is 1. The Morgan fingerprint density at radius 1 is 1.47 bits per heavy atom. The van der Waals surface area contributed by atoms with Gasteiger partial charge in [-0.1, -0.05) is 22.0 Å². The number of aromatic amines is 1. The molecule has 0 fully saturated rings. The zero-order valence-electron chi connectivity index (χ0n) is 10.3. The van der Waals surface area contributed by atoms with E-state index in [0.717, 1.165) is 5.39 Å². The van der Waals surface area contributed by atoms with Crippen LogP contribution in [-0.4, -0.2) is 39.7 Å². The summed E-state index contributed by atoms with van der Waals surface area (Å²) in [5.41, 5.74) is 1.73. The van der Waals surface area contributed by atoms with Gasteiger partial charge in [0.2, 0.25) is 0 Å². The summed E-state index contributed by atoms with van der Waals surface area (Å²) in [6, 6.07) is 4.99. The SMILES string of the molecule is COC(=O)c1ccc2c(C(O)C(O)CBr)c[nH]c2c1. The lowest BCUT2D eigenvalue weighted by molar-refractivity contribution is 0.0352. The Morgan fingerprint density at radius 2 is 2.21 bits per heavy atom. The summed E-state index contributed by atoms with van der Waals surface area (Å²) >= 11 is 3.12. The van der Waals surface area contributed by atoms with Gasteiger partial charge in [-0.2, -0.15) is 0 Å². The van der Waals surface area contributed by atoms with Crippen LogP contribution in [0.1, 0.15) is 22.0 Å². The average molecular weight is 328 g/mol. The topological polar surface area (TPSA) is 82.6 Å². The molecule has 3 N–H and O–H groups in total. The van der Waals surface area contributed by atoms with Gasteiger partial charge in [0, 0.05) is 28.0 Å². The van der Waals surface area contributed by atoms with Crippen LogP contribution in [0.15, 0.2) is 24.4 Å². The van der Waals surface area contributed by atoms with Crippen molar-refractivity contribution in [2.45, 2.75) is 12.2 Å². The summed E-state index contributed by atoms with van der Waals surface area (Å²) in [5, 5.41) is 20.7. The molecule has 0 spiro atoms. The molecule has 19 heavy (non-hydrogen) atoms. The molecule has 2 atom stereocenters. The third kappa shape index (κ3) is 2.65. The number of rotatable bonds is 4. The summed E-state index contributed by atoms with van der Waals surface area (Å²) in [4.78, 5) is 14.4. The maximum absolute atomic E-state index is 11.4. The Bertz CT molecular complexity index is 595. The van der Waals surface area contributed by atoms with Crippen molar-refractivity contribution in [1.29, 1.82) is 0 Å². The van der Waals surface area contributed by atoms with Crippen LogP contribution in [0.25, 0.3) is 10.9 Å². The molecule has 102 valence electrons. The molecule has 1 aromatic carbocycles. The van der Waals surface area contributed by atoms with Crippen molar-refractivity contribution in [3.05, 3.63) is 35.5 Å². The summed E-state index contributed by atoms with van der Waals surface area (Å²) in [6.07, 6.45) is -0.251. The number of fused-ring (bicyclic) bond motifs is 1. The smallest absolute Gasteiger partial charge is 0.337 e. The number of methoxy groups -OCH3 is 1. The van der Waals surface area contributed by atoms with Crippen molar-refractivity contribution in [3.8, 4) is 0 Å². The molecule has 0 saturated heterocycles. The molecule has 0 amide bonds. The molecule has 2 unspecified atom stereocenters. The van der Waals surface area contributed by atoms with Gasteiger partial charge in [-0.05, 0) is 12.1 Å². The lowest BCUT2D eigenvalue weighted by atomic mass is 10.0. The number of H-pyrrole nitrogens is 1. The van der Waals surface area contributed by atoms with E-state index in [1.165, 1.54) is 7.11 Å². The highest BCUT2D eigenvalue weighted by Crippen LogP contribution is 2.27. The minimum atomic E-state index is -0.989. The number of carbonyl (C=O) groups excluding carboxylic acids is 1. The van der Waals surface area contributed by atoms with Gasteiger partial charge in [0.05, 0.1) is 18.8 Å². The zero-order valence-corrected chi connectivity index (χ0v) is 11.8. The van der Waals surface area contributed by atoms with E-state index < -0.39 is 18.2 Å².